The average molecular weight is 429 g/mol. The lowest BCUT2D eigenvalue weighted by Gasteiger charge is -2.13. The highest BCUT2D eigenvalue weighted by molar-refractivity contribution is 6.38. The Balaban J connectivity index is 2.08. The Bertz CT molecular complexity index is 1190. The zero-order valence-electron chi connectivity index (χ0n) is 15.1. The number of aromatic nitrogens is 3. The van der Waals surface area contributed by atoms with Gasteiger partial charge in [-0.05, 0) is 30.2 Å². The molecular weight excluding hydrogens is 415 g/mol. The second kappa shape index (κ2) is 8.31. The Hall–Kier alpha value is -3.41. The molecule has 10 heteroatoms. The van der Waals surface area contributed by atoms with Crippen LogP contribution in [0.15, 0.2) is 41.7 Å². The molecule has 8 nitrogen and oxygen atoms in total. The molecule has 0 spiro atoms. The van der Waals surface area contributed by atoms with Crippen LogP contribution in [0.25, 0.3) is 5.69 Å². The highest BCUT2D eigenvalue weighted by Crippen LogP contribution is 2.29. The van der Waals surface area contributed by atoms with Crippen LogP contribution in [0.5, 0.6) is 0 Å². The van der Waals surface area contributed by atoms with Crippen LogP contribution in [0.2, 0.25) is 10.0 Å². The summed E-state index contributed by atoms with van der Waals surface area (Å²) in [7, 11) is 0. The molecule has 0 aliphatic rings. The van der Waals surface area contributed by atoms with Crippen molar-refractivity contribution in [2.45, 2.75) is 13.3 Å². The number of nitrogen functional groups attached to an aromatic ring is 1. The zero-order chi connectivity index (χ0) is 21.1. The molecule has 3 aromatic rings. The van der Waals surface area contributed by atoms with E-state index in [2.05, 4.69) is 15.3 Å². The molecule has 0 radical (unpaired) electrons. The number of nitrogens with two attached hydrogens (primary N) is 1. The molecular formula is C19H14Cl2N6O2. The van der Waals surface area contributed by atoms with Gasteiger partial charge in [0.05, 0.1) is 39.2 Å². The van der Waals surface area contributed by atoms with Crippen LogP contribution in [0.4, 0.5) is 11.5 Å². The van der Waals surface area contributed by atoms with Gasteiger partial charge in [-0.25, -0.2) is 4.98 Å². The van der Waals surface area contributed by atoms with E-state index in [-0.39, 0.29) is 32.7 Å². The number of hydrogen-bond donors (Lipinski definition) is 2. The van der Waals surface area contributed by atoms with Crippen molar-refractivity contribution in [1.29, 1.82) is 5.26 Å². The molecule has 1 aromatic carbocycles. The van der Waals surface area contributed by atoms with Crippen molar-refractivity contribution < 1.29 is 4.79 Å². The van der Waals surface area contributed by atoms with Crippen molar-refractivity contribution in [1.82, 2.24) is 14.5 Å². The molecule has 1 amide bonds. The second-order valence-electron chi connectivity index (χ2n) is 5.97. The molecule has 0 fully saturated rings. The number of hydrogen-bond acceptors (Lipinski definition) is 6. The lowest BCUT2D eigenvalue weighted by Crippen LogP contribution is -2.31. The molecule has 2 heterocycles. The minimum absolute atomic E-state index is 0.0499. The Kier molecular flexibility index (Phi) is 5.82. The van der Waals surface area contributed by atoms with Gasteiger partial charge in [-0.1, -0.05) is 30.1 Å². The monoisotopic (exact) mass is 428 g/mol. The van der Waals surface area contributed by atoms with E-state index in [4.69, 9.17) is 34.2 Å². The van der Waals surface area contributed by atoms with Gasteiger partial charge < -0.3 is 11.1 Å². The number of anilines is 2. The number of nitrogens with zero attached hydrogens (tertiary/aromatic N) is 4. The summed E-state index contributed by atoms with van der Waals surface area (Å²) >= 11 is 12.4. The maximum absolute atomic E-state index is 13.0. The van der Waals surface area contributed by atoms with E-state index in [1.54, 1.807) is 12.3 Å². The number of nitriles is 1. The molecule has 0 atom stereocenters. The Morgan fingerprint density at radius 2 is 1.97 bits per heavy atom. The summed E-state index contributed by atoms with van der Waals surface area (Å²) in [6, 6.07) is 6.36. The first-order valence-corrected chi connectivity index (χ1v) is 9.13. The van der Waals surface area contributed by atoms with E-state index in [1.807, 2.05) is 13.0 Å². The largest absolute Gasteiger partial charge is 0.383 e. The fourth-order valence-electron chi connectivity index (χ4n) is 2.64. The number of benzene rings is 1. The lowest BCUT2D eigenvalue weighted by molar-refractivity contribution is 0.102. The summed E-state index contributed by atoms with van der Waals surface area (Å²) in [5.74, 6) is -0.991. The first-order chi connectivity index (χ1) is 13.8. The Labute approximate surface area is 175 Å². The number of carbonyl (C=O) groups excluding carboxylic acids is 1. The van der Waals surface area contributed by atoms with Crippen molar-refractivity contribution in [2.75, 3.05) is 11.1 Å². The maximum atomic E-state index is 13.0. The van der Waals surface area contributed by atoms with Gasteiger partial charge in [0.1, 0.15) is 17.7 Å². The highest BCUT2D eigenvalue weighted by atomic mass is 35.5. The quantitative estimate of drug-likeness (QED) is 0.656. The van der Waals surface area contributed by atoms with E-state index in [1.165, 1.54) is 18.3 Å². The normalized spacial score (nSPS) is 10.4. The predicted octanol–water partition coefficient (Wildman–Crippen LogP) is 3.20. The van der Waals surface area contributed by atoms with Crippen molar-refractivity contribution >= 4 is 40.6 Å². The van der Waals surface area contributed by atoms with Gasteiger partial charge in [-0.3, -0.25) is 19.1 Å². The van der Waals surface area contributed by atoms with Gasteiger partial charge in [0.15, 0.2) is 0 Å². The predicted molar refractivity (Wildman–Crippen MR) is 111 cm³/mol. The first kappa shape index (κ1) is 20.3. The van der Waals surface area contributed by atoms with Crippen LogP contribution in [0, 0.1) is 11.3 Å². The minimum atomic E-state index is -0.761. The lowest BCUT2D eigenvalue weighted by atomic mass is 10.2. The highest BCUT2D eigenvalue weighted by Gasteiger charge is 2.21. The van der Waals surface area contributed by atoms with Crippen molar-refractivity contribution in [3.63, 3.8) is 0 Å². The van der Waals surface area contributed by atoms with Crippen LogP contribution < -0.4 is 16.6 Å². The molecule has 0 saturated carbocycles. The SMILES string of the molecule is CCc1cncc(NC(=O)c2c(N)ncn(-c3c(Cl)cc(C#N)cc3Cl)c2=O)c1. The van der Waals surface area contributed by atoms with Crippen LogP contribution in [0.1, 0.15) is 28.4 Å². The summed E-state index contributed by atoms with van der Waals surface area (Å²) in [5, 5.41) is 11.7. The van der Waals surface area contributed by atoms with E-state index in [0.717, 1.165) is 22.9 Å². The number of carbonyl (C=O) groups is 1. The molecule has 0 unspecified atom stereocenters. The summed E-state index contributed by atoms with van der Waals surface area (Å²) in [4.78, 5) is 33.7. The van der Waals surface area contributed by atoms with Crippen LogP contribution in [0.3, 0.4) is 0 Å². The molecule has 3 rings (SSSR count). The van der Waals surface area contributed by atoms with Gasteiger partial charge in [-0.15, -0.1) is 0 Å². The number of amides is 1. The Morgan fingerprint density at radius 1 is 1.28 bits per heavy atom. The topological polar surface area (TPSA) is 127 Å². The second-order valence-corrected chi connectivity index (χ2v) is 6.78. The summed E-state index contributed by atoms with van der Waals surface area (Å²) in [5.41, 5.74) is 6.30. The van der Waals surface area contributed by atoms with Crippen molar-refractivity contribution in [3.05, 3.63) is 74.0 Å². The van der Waals surface area contributed by atoms with E-state index >= 15 is 0 Å². The third-order valence-corrected chi connectivity index (χ3v) is 4.65. The molecule has 2 aromatic heterocycles. The maximum Gasteiger partial charge on any atom is 0.273 e. The standard InChI is InChI=1S/C19H14Cl2N6O2/c1-2-10-3-12(8-24-7-10)26-18(28)15-17(23)25-9-27(19(15)29)16-13(20)4-11(6-22)5-14(16)21/h3-5,7-9H,2,23H2,1H3,(H,26,28). The number of halogens is 2. The molecule has 0 saturated heterocycles. The Morgan fingerprint density at radius 3 is 2.59 bits per heavy atom. The van der Waals surface area contributed by atoms with Gasteiger partial charge in [-0.2, -0.15) is 5.26 Å². The summed E-state index contributed by atoms with van der Waals surface area (Å²) < 4.78 is 1.01. The molecule has 29 heavy (non-hydrogen) atoms. The third kappa shape index (κ3) is 4.06. The van der Waals surface area contributed by atoms with Crippen molar-refractivity contribution in [3.8, 4) is 11.8 Å². The van der Waals surface area contributed by atoms with Crippen LogP contribution >= 0.6 is 23.2 Å². The van der Waals surface area contributed by atoms with E-state index in [9.17, 15) is 9.59 Å². The third-order valence-electron chi connectivity index (χ3n) is 4.08. The minimum Gasteiger partial charge on any atom is -0.383 e. The molecule has 0 aliphatic carbocycles. The van der Waals surface area contributed by atoms with E-state index < -0.39 is 11.5 Å². The molecule has 146 valence electrons. The van der Waals surface area contributed by atoms with Gasteiger partial charge in [0.25, 0.3) is 11.5 Å². The summed E-state index contributed by atoms with van der Waals surface area (Å²) in [6.45, 7) is 1.95. The van der Waals surface area contributed by atoms with Crippen LogP contribution in [-0.4, -0.2) is 20.4 Å². The first-order valence-electron chi connectivity index (χ1n) is 8.37. The van der Waals surface area contributed by atoms with Gasteiger partial charge in [0, 0.05) is 6.20 Å². The van der Waals surface area contributed by atoms with Gasteiger partial charge >= 0.3 is 0 Å². The van der Waals surface area contributed by atoms with Crippen molar-refractivity contribution in [2.24, 2.45) is 0 Å². The fraction of sp³-hybridized carbons (Fsp3) is 0.105. The van der Waals surface area contributed by atoms with E-state index in [0.29, 0.717) is 5.69 Å². The number of nitrogens with one attached hydrogen (secondary N) is 1. The van der Waals surface area contributed by atoms with Crippen LogP contribution in [-0.2, 0) is 6.42 Å². The smallest absolute Gasteiger partial charge is 0.273 e. The number of aryl methyl sites for hydroxylation is 1. The zero-order valence-corrected chi connectivity index (χ0v) is 16.6. The van der Waals surface area contributed by atoms with Gasteiger partial charge in [0.2, 0.25) is 0 Å². The molecule has 0 aliphatic heterocycles. The fourth-order valence-corrected chi connectivity index (χ4v) is 3.31. The molecule has 0 bridgehead atoms. The average Bonchev–Trinajstić information content (AvgIpc) is 2.69. The summed E-state index contributed by atoms with van der Waals surface area (Å²) in [6.07, 6.45) is 4.98. The number of pyridine rings is 1. The molecule has 3 N–H and O–H groups in total. The number of rotatable bonds is 4.